The minimum atomic E-state index is -0.733. The van der Waals surface area contributed by atoms with Gasteiger partial charge in [0.15, 0.2) is 5.65 Å². The number of aromatic amines is 1. The molecular weight excluding hydrogens is 430 g/mol. The number of hydrogen-bond acceptors (Lipinski definition) is 7. The number of morpholine rings is 1. The first-order valence-corrected chi connectivity index (χ1v) is 10.5. The van der Waals surface area contributed by atoms with E-state index >= 15 is 0 Å². The molecule has 1 aliphatic heterocycles. The van der Waals surface area contributed by atoms with Crippen molar-refractivity contribution >= 4 is 22.7 Å². The predicted molar refractivity (Wildman–Crippen MR) is 119 cm³/mol. The Morgan fingerprint density at radius 1 is 1.15 bits per heavy atom. The molecule has 1 fully saturated rings. The summed E-state index contributed by atoms with van der Waals surface area (Å²) in [7, 11) is 1.62. The number of methoxy groups -OCH3 is 1. The molecule has 0 saturated carbocycles. The number of rotatable bonds is 6. The van der Waals surface area contributed by atoms with E-state index in [0.29, 0.717) is 16.8 Å². The second-order valence-corrected chi connectivity index (χ2v) is 7.70. The van der Waals surface area contributed by atoms with Crippen LogP contribution in [0.4, 0.5) is 20.4 Å². The fourth-order valence-corrected chi connectivity index (χ4v) is 3.85. The second-order valence-electron chi connectivity index (χ2n) is 7.70. The van der Waals surface area contributed by atoms with Gasteiger partial charge in [0.1, 0.15) is 17.4 Å². The van der Waals surface area contributed by atoms with Crippen LogP contribution in [0.5, 0.6) is 5.75 Å². The number of anilines is 2. The van der Waals surface area contributed by atoms with Gasteiger partial charge in [-0.15, -0.1) is 0 Å². The number of benzene rings is 2. The van der Waals surface area contributed by atoms with Crippen LogP contribution in [-0.2, 0) is 11.3 Å². The number of nitrogens with zero attached hydrogens (tertiary/aromatic N) is 4. The summed E-state index contributed by atoms with van der Waals surface area (Å²) in [6, 6.07) is 9.30. The highest BCUT2D eigenvalue weighted by molar-refractivity contribution is 5.92. The molecule has 0 unspecified atom stereocenters. The summed E-state index contributed by atoms with van der Waals surface area (Å²) in [6.45, 7) is 4.08. The molecule has 4 aromatic rings. The van der Waals surface area contributed by atoms with Crippen LogP contribution in [-0.4, -0.2) is 58.5 Å². The maximum atomic E-state index is 14.0. The van der Waals surface area contributed by atoms with Crippen molar-refractivity contribution in [2.24, 2.45) is 0 Å². The Bertz CT molecular complexity index is 1290. The van der Waals surface area contributed by atoms with Gasteiger partial charge in [-0.2, -0.15) is 10.1 Å². The van der Waals surface area contributed by atoms with Crippen molar-refractivity contribution in [3.8, 4) is 17.0 Å². The largest absolute Gasteiger partial charge is 0.496 e. The zero-order chi connectivity index (χ0) is 22.8. The highest BCUT2D eigenvalue weighted by atomic mass is 19.1. The van der Waals surface area contributed by atoms with Crippen molar-refractivity contribution in [2.45, 2.75) is 6.54 Å². The third-order valence-electron chi connectivity index (χ3n) is 5.53. The van der Waals surface area contributed by atoms with Crippen molar-refractivity contribution in [1.29, 1.82) is 0 Å². The van der Waals surface area contributed by atoms with E-state index in [1.54, 1.807) is 13.3 Å². The molecule has 10 heteroatoms. The summed E-state index contributed by atoms with van der Waals surface area (Å²) in [6.07, 6.45) is 1.61. The van der Waals surface area contributed by atoms with Crippen LogP contribution in [0.25, 0.3) is 22.3 Å². The lowest BCUT2D eigenvalue weighted by Gasteiger charge is -2.26. The minimum Gasteiger partial charge on any atom is -0.496 e. The van der Waals surface area contributed by atoms with Gasteiger partial charge in [-0.25, -0.2) is 13.8 Å². The molecule has 1 aliphatic rings. The maximum absolute atomic E-state index is 14.0. The molecule has 2 aromatic heterocycles. The third-order valence-corrected chi connectivity index (χ3v) is 5.53. The van der Waals surface area contributed by atoms with Gasteiger partial charge in [-0.3, -0.25) is 10.00 Å². The van der Waals surface area contributed by atoms with Gasteiger partial charge in [0.05, 0.1) is 37.1 Å². The van der Waals surface area contributed by atoms with Crippen LogP contribution in [0.2, 0.25) is 0 Å². The number of ether oxygens (including phenoxy) is 2. The van der Waals surface area contributed by atoms with Gasteiger partial charge < -0.3 is 14.8 Å². The van der Waals surface area contributed by atoms with E-state index in [2.05, 4.69) is 36.4 Å². The van der Waals surface area contributed by atoms with E-state index in [1.807, 2.05) is 12.1 Å². The third kappa shape index (κ3) is 4.48. The van der Waals surface area contributed by atoms with Gasteiger partial charge >= 0.3 is 0 Å². The van der Waals surface area contributed by atoms with E-state index in [9.17, 15) is 8.78 Å². The highest BCUT2D eigenvalue weighted by Gasteiger charge is 2.17. The van der Waals surface area contributed by atoms with Crippen LogP contribution in [0.3, 0.4) is 0 Å². The molecule has 33 heavy (non-hydrogen) atoms. The lowest BCUT2D eigenvalue weighted by Crippen LogP contribution is -2.35. The maximum Gasteiger partial charge on any atom is 0.229 e. The Morgan fingerprint density at radius 3 is 2.79 bits per heavy atom. The SMILES string of the molecule is COc1ccc(CN2CCOCC2)cc1-c1[nH]nc2nc(Nc3ccc(F)cc3F)ncc12. The fraction of sp³-hybridized carbons (Fsp3) is 0.261. The summed E-state index contributed by atoms with van der Waals surface area (Å²) in [5.74, 6) is -0.541. The molecular formula is C23H22F2N6O2. The Hall–Kier alpha value is -3.63. The molecule has 0 aliphatic carbocycles. The Morgan fingerprint density at radius 2 is 2.00 bits per heavy atom. The first-order chi connectivity index (χ1) is 16.1. The van der Waals surface area contributed by atoms with Crippen molar-refractivity contribution in [2.75, 3.05) is 38.7 Å². The summed E-state index contributed by atoms with van der Waals surface area (Å²) in [4.78, 5) is 11.0. The predicted octanol–water partition coefficient (Wildman–Crippen LogP) is 3.88. The van der Waals surface area contributed by atoms with Crippen LogP contribution in [0, 0.1) is 11.6 Å². The number of H-pyrrole nitrogens is 1. The number of nitrogens with one attached hydrogen (secondary N) is 2. The van der Waals surface area contributed by atoms with Crippen LogP contribution in [0.15, 0.2) is 42.6 Å². The number of hydrogen-bond donors (Lipinski definition) is 2. The molecule has 0 bridgehead atoms. The van der Waals surface area contributed by atoms with Crippen LogP contribution < -0.4 is 10.1 Å². The lowest BCUT2D eigenvalue weighted by molar-refractivity contribution is 0.0342. The van der Waals surface area contributed by atoms with Gasteiger partial charge in [0.2, 0.25) is 5.95 Å². The smallest absolute Gasteiger partial charge is 0.229 e. The average molecular weight is 452 g/mol. The fourth-order valence-electron chi connectivity index (χ4n) is 3.85. The Balaban J connectivity index is 1.45. The van der Waals surface area contributed by atoms with Crippen molar-refractivity contribution < 1.29 is 18.3 Å². The average Bonchev–Trinajstić information content (AvgIpc) is 3.25. The minimum absolute atomic E-state index is 0.0731. The van der Waals surface area contributed by atoms with Crippen molar-refractivity contribution in [3.05, 3.63) is 59.8 Å². The normalized spacial score (nSPS) is 14.5. The van der Waals surface area contributed by atoms with Crippen molar-refractivity contribution in [1.82, 2.24) is 25.1 Å². The molecule has 2 N–H and O–H groups in total. The summed E-state index contributed by atoms with van der Waals surface area (Å²) < 4.78 is 38.1. The van der Waals surface area contributed by atoms with Crippen molar-refractivity contribution in [3.63, 3.8) is 0 Å². The van der Waals surface area contributed by atoms with E-state index < -0.39 is 11.6 Å². The second kappa shape index (κ2) is 9.08. The van der Waals surface area contributed by atoms with Crippen LogP contribution >= 0.6 is 0 Å². The molecule has 8 nitrogen and oxygen atoms in total. The van der Waals surface area contributed by atoms with Gasteiger partial charge in [-0.05, 0) is 29.8 Å². The summed E-state index contributed by atoms with van der Waals surface area (Å²) in [5.41, 5.74) is 3.20. The van der Waals surface area contributed by atoms with E-state index in [0.717, 1.165) is 61.8 Å². The van der Waals surface area contributed by atoms with E-state index in [4.69, 9.17) is 9.47 Å². The number of aromatic nitrogens is 4. The van der Waals surface area contributed by atoms with E-state index in [1.165, 1.54) is 6.07 Å². The molecule has 5 rings (SSSR count). The standard InChI is InChI=1S/C23H22F2N6O2/c1-32-20-5-2-14(13-31-6-8-33-9-7-31)10-16(20)21-17-12-26-23(28-22(17)30-29-21)27-19-4-3-15(24)11-18(19)25/h2-5,10-12H,6-9,13H2,1H3,(H2,26,27,28,29,30). The molecule has 2 aromatic carbocycles. The molecule has 170 valence electrons. The quantitative estimate of drug-likeness (QED) is 0.459. The van der Waals surface area contributed by atoms with Gasteiger partial charge in [0, 0.05) is 37.5 Å². The monoisotopic (exact) mass is 452 g/mol. The first-order valence-electron chi connectivity index (χ1n) is 10.5. The van der Waals surface area contributed by atoms with Gasteiger partial charge in [-0.1, -0.05) is 6.07 Å². The molecule has 0 radical (unpaired) electrons. The molecule has 0 atom stereocenters. The number of halogens is 2. The molecule has 0 spiro atoms. The number of fused-ring (bicyclic) bond motifs is 1. The summed E-state index contributed by atoms with van der Waals surface area (Å²) >= 11 is 0. The first kappa shape index (κ1) is 21.2. The zero-order valence-electron chi connectivity index (χ0n) is 17.9. The zero-order valence-corrected chi connectivity index (χ0v) is 17.9. The van der Waals surface area contributed by atoms with Gasteiger partial charge in [0.25, 0.3) is 0 Å². The molecule has 3 heterocycles. The lowest BCUT2D eigenvalue weighted by atomic mass is 10.0. The Labute approximate surface area is 188 Å². The van der Waals surface area contributed by atoms with Crippen LogP contribution in [0.1, 0.15) is 5.56 Å². The Kier molecular flexibility index (Phi) is 5.84. The molecule has 1 saturated heterocycles. The topological polar surface area (TPSA) is 88.2 Å². The summed E-state index contributed by atoms with van der Waals surface area (Å²) in [5, 5.41) is 10.8. The molecule has 0 amide bonds. The highest BCUT2D eigenvalue weighted by Crippen LogP contribution is 2.34. The van der Waals surface area contributed by atoms with E-state index in [-0.39, 0.29) is 11.6 Å².